The fraction of sp³-hybridized carbons (Fsp3) is 0.0392. The largest absolute Gasteiger partial charge is 0.455 e. The maximum atomic E-state index is 6.87. The summed E-state index contributed by atoms with van der Waals surface area (Å²) >= 11 is 1.85. The fourth-order valence-corrected chi connectivity index (χ4v) is 10.2. The molecule has 6 heteroatoms. The first kappa shape index (κ1) is 32.3. The van der Waals surface area contributed by atoms with Crippen molar-refractivity contribution < 1.29 is 4.42 Å². The van der Waals surface area contributed by atoms with E-state index in [1.807, 2.05) is 17.4 Å². The quantitative estimate of drug-likeness (QED) is 0.184. The molecule has 0 saturated heterocycles. The molecule has 0 radical (unpaired) electrons. The van der Waals surface area contributed by atoms with Crippen molar-refractivity contribution >= 4 is 81.1 Å². The van der Waals surface area contributed by atoms with E-state index >= 15 is 0 Å². The van der Waals surface area contributed by atoms with Crippen LogP contribution in [0.15, 0.2) is 191 Å². The van der Waals surface area contributed by atoms with Crippen molar-refractivity contribution in [3.63, 3.8) is 0 Å². The summed E-state index contributed by atoms with van der Waals surface area (Å²) in [6, 6.07) is 64.8. The van der Waals surface area contributed by atoms with E-state index in [0.29, 0.717) is 0 Å². The summed E-state index contributed by atoms with van der Waals surface area (Å²) in [7, 11) is 0. The molecule has 1 aliphatic rings. The fourth-order valence-electron chi connectivity index (χ4n) is 8.91. The molecular formula is C51H34N4OS. The number of aromatic nitrogens is 1. The summed E-state index contributed by atoms with van der Waals surface area (Å²) in [5.41, 5.74) is 10.8. The number of benzene rings is 8. The average Bonchev–Trinajstić information content (AvgIpc) is 3.96. The minimum Gasteiger partial charge on any atom is -0.455 e. The van der Waals surface area contributed by atoms with E-state index in [4.69, 9.17) is 9.41 Å². The van der Waals surface area contributed by atoms with Gasteiger partial charge in [0.2, 0.25) is 0 Å². The Morgan fingerprint density at radius 3 is 1.93 bits per heavy atom. The summed E-state index contributed by atoms with van der Waals surface area (Å²) in [5.74, 6) is 0.834. The van der Waals surface area contributed by atoms with E-state index in [0.717, 1.165) is 50.0 Å². The molecule has 4 heterocycles. The van der Waals surface area contributed by atoms with Gasteiger partial charge in [0.05, 0.1) is 11.0 Å². The van der Waals surface area contributed by atoms with Crippen molar-refractivity contribution in [2.24, 2.45) is 4.99 Å². The van der Waals surface area contributed by atoms with Gasteiger partial charge in [-0.05, 0) is 41.5 Å². The van der Waals surface area contributed by atoms with Crippen molar-refractivity contribution in [1.82, 2.24) is 15.2 Å². The van der Waals surface area contributed by atoms with E-state index in [-0.39, 0.29) is 12.3 Å². The van der Waals surface area contributed by atoms with Crippen LogP contribution in [0.4, 0.5) is 0 Å². The normalized spacial score (nSPS) is 15.9. The third-order valence-corrected chi connectivity index (χ3v) is 12.7. The van der Waals surface area contributed by atoms with Crippen LogP contribution in [0, 0.1) is 0 Å². The predicted molar refractivity (Wildman–Crippen MR) is 238 cm³/mol. The molecule has 270 valence electrons. The molecule has 2 unspecified atom stereocenters. The van der Waals surface area contributed by atoms with Gasteiger partial charge in [-0.1, -0.05) is 152 Å². The second kappa shape index (κ2) is 12.8. The maximum Gasteiger partial charge on any atom is 0.143 e. The average molecular weight is 751 g/mol. The van der Waals surface area contributed by atoms with E-state index in [2.05, 4.69) is 191 Å². The summed E-state index contributed by atoms with van der Waals surface area (Å²) in [6.45, 7) is 0. The number of nitrogens with one attached hydrogen (secondary N) is 2. The lowest BCUT2D eigenvalue weighted by Gasteiger charge is -2.32. The molecule has 8 aromatic carbocycles. The molecule has 0 bridgehead atoms. The van der Waals surface area contributed by atoms with Crippen molar-refractivity contribution in [3.05, 3.63) is 199 Å². The molecule has 3 aromatic heterocycles. The van der Waals surface area contributed by atoms with Gasteiger partial charge in [0.15, 0.2) is 0 Å². The van der Waals surface area contributed by atoms with Crippen LogP contribution in [0.1, 0.15) is 29.0 Å². The summed E-state index contributed by atoms with van der Waals surface area (Å²) in [4.78, 5) is 5.29. The Morgan fingerprint density at radius 1 is 0.526 bits per heavy atom. The van der Waals surface area contributed by atoms with Gasteiger partial charge in [0.25, 0.3) is 0 Å². The molecule has 2 N–H and O–H groups in total. The number of amidine groups is 1. The molecule has 57 heavy (non-hydrogen) atoms. The van der Waals surface area contributed by atoms with Gasteiger partial charge in [-0.25, -0.2) is 4.99 Å². The van der Waals surface area contributed by atoms with Crippen LogP contribution in [-0.4, -0.2) is 10.4 Å². The van der Waals surface area contributed by atoms with Crippen molar-refractivity contribution in [3.8, 4) is 16.8 Å². The second-order valence-corrected chi connectivity index (χ2v) is 15.8. The van der Waals surface area contributed by atoms with Crippen LogP contribution >= 0.6 is 11.3 Å². The van der Waals surface area contributed by atoms with Crippen LogP contribution in [-0.2, 0) is 0 Å². The van der Waals surface area contributed by atoms with Crippen molar-refractivity contribution in [2.75, 3.05) is 0 Å². The monoisotopic (exact) mass is 750 g/mol. The van der Waals surface area contributed by atoms with E-state index < -0.39 is 0 Å². The van der Waals surface area contributed by atoms with Crippen LogP contribution in [0.3, 0.4) is 0 Å². The highest BCUT2D eigenvalue weighted by Crippen LogP contribution is 2.45. The van der Waals surface area contributed by atoms with E-state index in [9.17, 15) is 0 Å². The van der Waals surface area contributed by atoms with Crippen LogP contribution in [0.5, 0.6) is 0 Å². The topological polar surface area (TPSA) is 54.5 Å². The van der Waals surface area contributed by atoms with E-state index in [1.165, 1.54) is 53.2 Å². The lowest BCUT2D eigenvalue weighted by Crippen LogP contribution is -2.45. The lowest BCUT2D eigenvalue weighted by molar-refractivity contribution is 0.409. The number of fused-ring (bicyclic) bond motifs is 9. The van der Waals surface area contributed by atoms with Crippen LogP contribution in [0.2, 0.25) is 0 Å². The first-order chi connectivity index (χ1) is 28.3. The Labute approximate surface area is 332 Å². The molecule has 11 aromatic rings. The highest BCUT2D eigenvalue weighted by molar-refractivity contribution is 7.26. The number of para-hydroxylation sites is 3. The van der Waals surface area contributed by atoms with Gasteiger partial charge >= 0.3 is 0 Å². The smallest absolute Gasteiger partial charge is 0.143 e. The molecule has 0 saturated carbocycles. The van der Waals surface area contributed by atoms with Crippen LogP contribution in [0.25, 0.3) is 80.7 Å². The number of furan rings is 1. The zero-order valence-corrected chi connectivity index (χ0v) is 31.5. The zero-order valence-electron chi connectivity index (χ0n) is 30.7. The number of thiophene rings is 1. The molecule has 0 aliphatic carbocycles. The number of hydrogen-bond acceptors (Lipinski definition) is 5. The number of nitrogens with zero attached hydrogens (tertiary/aromatic N) is 2. The molecule has 12 rings (SSSR count). The van der Waals surface area contributed by atoms with Crippen molar-refractivity contribution in [1.29, 1.82) is 0 Å². The third-order valence-electron chi connectivity index (χ3n) is 11.5. The molecule has 5 nitrogen and oxygen atoms in total. The first-order valence-electron chi connectivity index (χ1n) is 19.4. The van der Waals surface area contributed by atoms with Crippen molar-refractivity contribution in [2.45, 2.75) is 12.3 Å². The minimum atomic E-state index is -0.224. The molecule has 2 atom stereocenters. The van der Waals surface area contributed by atoms with Gasteiger partial charge in [-0.3, -0.25) is 5.32 Å². The Kier molecular flexibility index (Phi) is 7.24. The Balaban J connectivity index is 1.01. The number of rotatable bonds is 5. The minimum absolute atomic E-state index is 0.131. The SMILES string of the molecule is c1ccc(C2N=C(c3cccc4oc5c(-c6cccc7c6sc6cc(-n8c9ccccc9c9ccccc98)ccc67)cccc5c34)NC(c3ccccc3)N2)cc1. The molecule has 0 amide bonds. The lowest BCUT2D eigenvalue weighted by atomic mass is 9.98. The Bertz CT molecular complexity index is 3320. The highest BCUT2D eigenvalue weighted by atomic mass is 32.1. The predicted octanol–water partition coefficient (Wildman–Crippen LogP) is 13.1. The second-order valence-electron chi connectivity index (χ2n) is 14.7. The summed E-state index contributed by atoms with van der Waals surface area (Å²) < 4.78 is 11.8. The standard InChI is InChI=1S/C51H34N4OS/c1-3-14-31(15-4-1)49-52-50(32-16-5-2-6-17-32)54-51(53-49)41-24-13-27-44-46(41)40-23-11-20-37(47(40)56-44)39-22-12-21-38-36-29-28-33(30-45(36)57-48(38)39)55-42-25-9-7-18-34(42)35-19-8-10-26-43(35)55/h1-30,49-50,52H,(H,53,54). The van der Waals surface area contributed by atoms with Gasteiger partial charge in [-0.2, -0.15) is 0 Å². The zero-order chi connectivity index (χ0) is 37.5. The number of aliphatic imine (C=N–C) groups is 1. The molecule has 0 fully saturated rings. The molecule has 0 spiro atoms. The molecule has 1 aliphatic heterocycles. The Hall–Kier alpha value is -6.99. The highest BCUT2D eigenvalue weighted by Gasteiger charge is 2.27. The van der Waals surface area contributed by atoms with Crippen LogP contribution < -0.4 is 10.6 Å². The number of hydrogen-bond donors (Lipinski definition) is 2. The Morgan fingerprint density at radius 2 is 1.16 bits per heavy atom. The maximum absolute atomic E-state index is 6.87. The van der Waals surface area contributed by atoms with Gasteiger partial charge < -0.3 is 14.3 Å². The first-order valence-corrected chi connectivity index (χ1v) is 20.2. The van der Waals surface area contributed by atoms with E-state index in [1.54, 1.807) is 0 Å². The van der Waals surface area contributed by atoms with Gasteiger partial charge in [-0.15, -0.1) is 11.3 Å². The van der Waals surface area contributed by atoms with Gasteiger partial charge in [0.1, 0.15) is 29.3 Å². The molecular weight excluding hydrogens is 717 g/mol. The summed E-state index contributed by atoms with van der Waals surface area (Å²) in [5, 5.41) is 14.7. The summed E-state index contributed by atoms with van der Waals surface area (Å²) in [6.07, 6.45) is -0.355. The van der Waals surface area contributed by atoms with Gasteiger partial charge in [0, 0.05) is 64.1 Å². The third kappa shape index (κ3) is 5.08.